The van der Waals surface area contributed by atoms with E-state index in [1.165, 1.54) is 0 Å². The van der Waals surface area contributed by atoms with Crippen molar-refractivity contribution in [3.05, 3.63) is 71.3 Å². The molecule has 26 heavy (non-hydrogen) atoms. The van der Waals surface area contributed by atoms with Crippen LogP contribution in [0.3, 0.4) is 0 Å². The normalized spacial score (nSPS) is 14.0. The van der Waals surface area contributed by atoms with Crippen molar-refractivity contribution >= 4 is 34.0 Å². The fourth-order valence-corrected chi connectivity index (χ4v) is 3.73. The lowest BCUT2D eigenvalue weighted by molar-refractivity contribution is -0.117. The molecule has 1 heterocycles. The lowest BCUT2D eigenvalue weighted by Crippen LogP contribution is -2.44. The first-order chi connectivity index (χ1) is 12.5. The van der Waals surface area contributed by atoms with Crippen LogP contribution in [0.5, 0.6) is 0 Å². The number of hydrogen-bond acceptors (Lipinski definition) is 2. The number of nitrogens with one attached hydrogen (secondary N) is 1. The molecule has 0 aliphatic carbocycles. The van der Waals surface area contributed by atoms with Gasteiger partial charge in [0.1, 0.15) is 6.04 Å². The van der Waals surface area contributed by atoms with E-state index >= 15 is 0 Å². The highest BCUT2D eigenvalue weighted by Gasteiger charge is 2.35. The van der Waals surface area contributed by atoms with Crippen molar-refractivity contribution in [2.75, 3.05) is 10.2 Å². The van der Waals surface area contributed by atoms with Crippen LogP contribution in [0.15, 0.2) is 54.6 Å². The molecule has 1 N–H and O–H groups in total. The van der Waals surface area contributed by atoms with Crippen LogP contribution in [-0.4, -0.2) is 17.9 Å². The van der Waals surface area contributed by atoms with Crippen LogP contribution in [0, 0.1) is 13.8 Å². The number of carbonyl (C=O) groups is 2. The Bertz CT molecular complexity index is 1030. The molecule has 0 spiro atoms. The summed E-state index contributed by atoms with van der Waals surface area (Å²) in [4.78, 5) is 27.4. The molecule has 0 saturated carbocycles. The summed E-state index contributed by atoms with van der Waals surface area (Å²) < 4.78 is 0. The monoisotopic (exact) mass is 344 g/mol. The number of amides is 2. The predicted molar refractivity (Wildman–Crippen MR) is 105 cm³/mol. The molecular formula is C22H20N2O2. The molecule has 2 amide bonds. The molecule has 0 radical (unpaired) electrons. The molecule has 0 saturated heterocycles. The largest absolute Gasteiger partial charge is 0.324 e. The van der Waals surface area contributed by atoms with E-state index in [9.17, 15) is 9.59 Å². The highest BCUT2D eigenvalue weighted by Crippen LogP contribution is 2.38. The zero-order valence-electron chi connectivity index (χ0n) is 15.0. The molecule has 4 nitrogen and oxygen atoms in total. The molecule has 130 valence electrons. The van der Waals surface area contributed by atoms with Gasteiger partial charge in [-0.25, -0.2) is 0 Å². The summed E-state index contributed by atoms with van der Waals surface area (Å²) in [6.45, 7) is 5.75. The molecule has 0 fully saturated rings. The molecule has 0 aromatic heterocycles. The SMILES string of the molecule is Cc1cc(C)cc(NC(=O)[C@H](C)N2C(=O)c3cccc4cccc2c34)c1. The smallest absolute Gasteiger partial charge is 0.259 e. The van der Waals surface area contributed by atoms with Gasteiger partial charge in [-0.1, -0.05) is 30.3 Å². The van der Waals surface area contributed by atoms with Crippen molar-refractivity contribution in [2.24, 2.45) is 0 Å². The maximum absolute atomic E-state index is 12.9. The second-order valence-corrected chi connectivity index (χ2v) is 6.90. The third-order valence-corrected chi connectivity index (χ3v) is 4.85. The molecule has 0 unspecified atom stereocenters. The van der Waals surface area contributed by atoms with Gasteiger partial charge in [-0.2, -0.15) is 0 Å². The lowest BCUT2D eigenvalue weighted by atomic mass is 10.1. The number of benzene rings is 3. The van der Waals surface area contributed by atoms with Gasteiger partial charge in [0.2, 0.25) is 5.91 Å². The Morgan fingerprint density at radius 2 is 1.65 bits per heavy atom. The fourth-order valence-electron chi connectivity index (χ4n) is 3.73. The van der Waals surface area contributed by atoms with Gasteiger partial charge >= 0.3 is 0 Å². The molecule has 3 aromatic carbocycles. The molecular weight excluding hydrogens is 324 g/mol. The van der Waals surface area contributed by atoms with E-state index in [4.69, 9.17) is 0 Å². The lowest BCUT2D eigenvalue weighted by Gasteiger charge is -2.25. The summed E-state index contributed by atoms with van der Waals surface area (Å²) in [6, 6.07) is 16.8. The minimum absolute atomic E-state index is 0.125. The third-order valence-electron chi connectivity index (χ3n) is 4.85. The van der Waals surface area contributed by atoms with Crippen molar-refractivity contribution < 1.29 is 9.59 Å². The van der Waals surface area contributed by atoms with Gasteiger partial charge < -0.3 is 5.32 Å². The number of aryl methyl sites for hydroxylation is 2. The molecule has 0 bridgehead atoms. The maximum atomic E-state index is 12.9. The average molecular weight is 344 g/mol. The Morgan fingerprint density at radius 1 is 1.00 bits per heavy atom. The fraction of sp³-hybridized carbons (Fsp3) is 0.182. The Labute approximate surface area is 152 Å². The van der Waals surface area contributed by atoms with Gasteiger partial charge in [0.15, 0.2) is 0 Å². The van der Waals surface area contributed by atoms with E-state index in [-0.39, 0.29) is 11.8 Å². The van der Waals surface area contributed by atoms with E-state index in [1.807, 2.05) is 62.4 Å². The van der Waals surface area contributed by atoms with E-state index in [0.29, 0.717) is 5.56 Å². The van der Waals surface area contributed by atoms with Crippen LogP contribution in [0.25, 0.3) is 10.8 Å². The van der Waals surface area contributed by atoms with Gasteiger partial charge in [-0.05, 0) is 61.5 Å². The second-order valence-electron chi connectivity index (χ2n) is 6.90. The topological polar surface area (TPSA) is 49.4 Å². The van der Waals surface area contributed by atoms with Gasteiger partial charge in [0.25, 0.3) is 5.91 Å². The van der Waals surface area contributed by atoms with Crippen LogP contribution in [0.4, 0.5) is 11.4 Å². The first-order valence-corrected chi connectivity index (χ1v) is 8.70. The van der Waals surface area contributed by atoms with Gasteiger partial charge in [0, 0.05) is 16.6 Å². The van der Waals surface area contributed by atoms with E-state index in [0.717, 1.165) is 33.3 Å². The van der Waals surface area contributed by atoms with Gasteiger partial charge in [0.05, 0.1) is 5.69 Å². The summed E-state index contributed by atoms with van der Waals surface area (Å²) in [5.41, 5.74) is 4.38. The van der Waals surface area contributed by atoms with Crippen molar-refractivity contribution in [1.29, 1.82) is 0 Å². The number of rotatable bonds is 3. The molecule has 1 aliphatic rings. The summed E-state index contributed by atoms with van der Waals surface area (Å²) in [6.07, 6.45) is 0. The van der Waals surface area contributed by atoms with Crippen molar-refractivity contribution in [1.82, 2.24) is 0 Å². The highest BCUT2D eigenvalue weighted by atomic mass is 16.2. The zero-order valence-corrected chi connectivity index (χ0v) is 15.0. The Hall–Kier alpha value is -3.14. The first kappa shape index (κ1) is 16.3. The van der Waals surface area contributed by atoms with Crippen LogP contribution < -0.4 is 10.2 Å². The quantitative estimate of drug-likeness (QED) is 0.763. The van der Waals surface area contributed by atoms with Crippen LogP contribution in [0.2, 0.25) is 0 Å². The summed E-state index contributed by atoms with van der Waals surface area (Å²) in [5.74, 6) is -0.326. The Balaban J connectivity index is 1.67. The standard InChI is InChI=1S/C22H20N2O2/c1-13-10-14(2)12-17(11-13)23-21(25)15(3)24-19-9-5-7-16-6-4-8-18(20(16)19)22(24)26/h4-12,15H,1-3H3,(H,23,25)/t15-/m0/s1. The number of hydrogen-bond donors (Lipinski definition) is 1. The number of nitrogens with zero attached hydrogens (tertiary/aromatic N) is 1. The van der Waals surface area contributed by atoms with E-state index in [1.54, 1.807) is 11.8 Å². The molecule has 3 aromatic rings. The number of carbonyl (C=O) groups excluding carboxylic acids is 2. The highest BCUT2D eigenvalue weighted by molar-refractivity contribution is 6.26. The summed E-state index contributed by atoms with van der Waals surface area (Å²) in [5, 5.41) is 4.88. The maximum Gasteiger partial charge on any atom is 0.259 e. The Morgan fingerprint density at radius 3 is 2.35 bits per heavy atom. The third kappa shape index (κ3) is 2.54. The molecule has 1 atom stereocenters. The summed E-state index contributed by atoms with van der Waals surface area (Å²) >= 11 is 0. The van der Waals surface area contributed by atoms with Crippen LogP contribution in [0.1, 0.15) is 28.4 Å². The van der Waals surface area contributed by atoms with Crippen molar-refractivity contribution in [2.45, 2.75) is 26.8 Å². The molecule has 4 heteroatoms. The minimum Gasteiger partial charge on any atom is -0.324 e. The van der Waals surface area contributed by atoms with Gasteiger partial charge in [-0.15, -0.1) is 0 Å². The van der Waals surface area contributed by atoms with Crippen LogP contribution >= 0.6 is 0 Å². The molecule has 4 rings (SSSR count). The predicted octanol–water partition coefficient (Wildman–Crippen LogP) is 4.44. The van der Waals surface area contributed by atoms with E-state index < -0.39 is 6.04 Å². The minimum atomic E-state index is -0.610. The summed E-state index contributed by atoms with van der Waals surface area (Å²) in [7, 11) is 0. The van der Waals surface area contributed by atoms with Crippen molar-refractivity contribution in [3.8, 4) is 0 Å². The van der Waals surface area contributed by atoms with E-state index in [2.05, 4.69) is 11.4 Å². The van der Waals surface area contributed by atoms with Gasteiger partial charge in [-0.3, -0.25) is 14.5 Å². The second kappa shape index (κ2) is 5.99. The first-order valence-electron chi connectivity index (χ1n) is 8.70. The zero-order chi connectivity index (χ0) is 18.4. The molecule has 1 aliphatic heterocycles. The van der Waals surface area contributed by atoms with Crippen LogP contribution in [-0.2, 0) is 4.79 Å². The van der Waals surface area contributed by atoms with Crippen molar-refractivity contribution in [3.63, 3.8) is 0 Å². The number of anilines is 2. The average Bonchev–Trinajstić information content (AvgIpc) is 2.88. The Kier molecular flexibility index (Phi) is 3.76.